The second-order valence-corrected chi connectivity index (χ2v) is 8.89. The van der Waals surface area contributed by atoms with Gasteiger partial charge in [0, 0.05) is 31.2 Å². The quantitative estimate of drug-likeness (QED) is 0.762. The van der Waals surface area contributed by atoms with Gasteiger partial charge in [0.05, 0.1) is 17.8 Å². The summed E-state index contributed by atoms with van der Waals surface area (Å²) in [4.78, 5) is 2.25. The number of hydrogen-bond donors (Lipinski definition) is 0. The first kappa shape index (κ1) is 19.3. The summed E-state index contributed by atoms with van der Waals surface area (Å²) >= 11 is 12.3. The van der Waals surface area contributed by atoms with Gasteiger partial charge >= 0.3 is 0 Å². The Morgan fingerprint density at radius 2 is 1.69 bits per heavy atom. The van der Waals surface area contributed by atoms with Gasteiger partial charge in [-0.15, -0.1) is 0 Å². The molecule has 8 heteroatoms. The third-order valence-corrected chi connectivity index (χ3v) is 6.90. The molecule has 5 nitrogen and oxygen atoms in total. The van der Waals surface area contributed by atoms with E-state index in [1.165, 1.54) is 11.4 Å². The summed E-state index contributed by atoms with van der Waals surface area (Å²) in [6.45, 7) is 3.66. The topological polar surface area (TPSA) is 49.9 Å². The Balaban J connectivity index is 1.81. The number of anilines is 1. The lowest BCUT2D eigenvalue weighted by atomic mass is 10.2. The first-order valence-electron chi connectivity index (χ1n) is 8.17. The molecule has 0 amide bonds. The van der Waals surface area contributed by atoms with Crippen molar-refractivity contribution in [1.82, 2.24) is 4.31 Å². The van der Waals surface area contributed by atoms with Gasteiger partial charge in [-0.25, -0.2) is 8.42 Å². The van der Waals surface area contributed by atoms with Crippen LogP contribution in [0.25, 0.3) is 0 Å². The summed E-state index contributed by atoms with van der Waals surface area (Å²) < 4.78 is 32.9. The van der Waals surface area contributed by atoms with E-state index in [0.29, 0.717) is 42.0 Å². The lowest BCUT2D eigenvalue weighted by molar-refractivity contribution is 0.374. The number of halogens is 2. The van der Waals surface area contributed by atoms with Crippen LogP contribution >= 0.6 is 23.2 Å². The number of sulfonamides is 1. The third-order valence-electron chi connectivity index (χ3n) is 4.42. The van der Waals surface area contributed by atoms with E-state index in [1.807, 2.05) is 17.9 Å². The van der Waals surface area contributed by atoms with Crippen LogP contribution in [-0.2, 0) is 10.0 Å². The van der Waals surface area contributed by atoms with Gasteiger partial charge in [-0.1, -0.05) is 29.3 Å². The van der Waals surface area contributed by atoms with E-state index in [1.54, 1.807) is 30.3 Å². The molecule has 0 saturated carbocycles. The smallest absolute Gasteiger partial charge is 0.246 e. The maximum Gasteiger partial charge on any atom is 0.246 e. The van der Waals surface area contributed by atoms with Crippen molar-refractivity contribution in [1.29, 1.82) is 0 Å². The minimum atomic E-state index is -3.63. The molecule has 0 radical (unpaired) electrons. The SMILES string of the molecule is COc1ccc(C)cc1S(=O)(=O)N1CCN(c2cc(Cl)ccc2Cl)CC1. The number of rotatable bonds is 4. The molecule has 0 aliphatic carbocycles. The average Bonchev–Trinajstić information content (AvgIpc) is 2.64. The van der Waals surface area contributed by atoms with Crippen molar-refractivity contribution in [2.24, 2.45) is 0 Å². The zero-order valence-electron chi connectivity index (χ0n) is 14.6. The number of nitrogens with zero attached hydrogens (tertiary/aromatic N) is 2. The molecule has 0 spiro atoms. The fourth-order valence-electron chi connectivity index (χ4n) is 3.02. The highest BCUT2D eigenvalue weighted by molar-refractivity contribution is 7.89. The molecule has 26 heavy (non-hydrogen) atoms. The van der Waals surface area contributed by atoms with Gasteiger partial charge in [0.15, 0.2) is 0 Å². The fraction of sp³-hybridized carbons (Fsp3) is 0.333. The van der Waals surface area contributed by atoms with Crippen LogP contribution in [0.4, 0.5) is 5.69 Å². The van der Waals surface area contributed by atoms with Gasteiger partial charge in [-0.05, 0) is 42.8 Å². The van der Waals surface area contributed by atoms with E-state index in [0.717, 1.165) is 11.3 Å². The summed E-state index contributed by atoms with van der Waals surface area (Å²) in [5, 5.41) is 1.20. The molecule has 2 aromatic rings. The maximum atomic E-state index is 13.1. The average molecular weight is 415 g/mol. The monoisotopic (exact) mass is 414 g/mol. The molecule has 1 heterocycles. The van der Waals surface area contributed by atoms with Crippen LogP contribution in [0.2, 0.25) is 10.0 Å². The Labute approximate surface area is 164 Å². The summed E-state index contributed by atoms with van der Waals surface area (Å²) in [6.07, 6.45) is 0. The molecule has 0 atom stereocenters. The second-order valence-electron chi connectivity index (χ2n) is 6.14. The molecule has 1 aliphatic heterocycles. The zero-order chi connectivity index (χ0) is 18.9. The Morgan fingerprint density at radius 1 is 1.00 bits per heavy atom. The minimum absolute atomic E-state index is 0.203. The molecule has 0 bridgehead atoms. The van der Waals surface area contributed by atoms with Crippen molar-refractivity contribution in [2.45, 2.75) is 11.8 Å². The first-order valence-corrected chi connectivity index (χ1v) is 10.4. The number of piperazine rings is 1. The molecular weight excluding hydrogens is 395 g/mol. The van der Waals surface area contributed by atoms with Crippen molar-refractivity contribution >= 4 is 38.9 Å². The summed E-state index contributed by atoms with van der Waals surface area (Å²) in [7, 11) is -2.15. The molecule has 0 unspecified atom stereocenters. The van der Waals surface area contributed by atoms with E-state index in [9.17, 15) is 8.42 Å². The highest BCUT2D eigenvalue weighted by Gasteiger charge is 2.31. The van der Waals surface area contributed by atoms with Crippen LogP contribution in [0.15, 0.2) is 41.3 Å². The normalized spacial score (nSPS) is 15.9. The molecule has 1 aliphatic rings. The molecule has 1 fully saturated rings. The molecule has 2 aromatic carbocycles. The lowest BCUT2D eigenvalue weighted by Gasteiger charge is -2.36. The van der Waals surface area contributed by atoms with E-state index in [-0.39, 0.29) is 4.90 Å². The summed E-state index contributed by atoms with van der Waals surface area (Å²) in [6, 6.07) is 10.4. The van der Waals surface area contributed by atoms with Crippen molar-refractivity contribution < 1.29 is 13.2 Å². The van der Waals surface area contributed by atoms with E-state index < -0.39 is 10.0 Å². The molecule has 1 saturated heterocycles. The van der Waals surface area contributed by atoms with Crippen LogP contribution in [-0.4, -0.2) is 46.0 Å². The van der Waals surface area contributed by atoms with Crippen LogP contribution in [0.1, 0.15) is 5.56 Å². The van der Waals surface area contributed by atoms with Crippen LogP contribution in [0.5, 0.6) is 5.75 Å². The van der Waals surface area contributed by atoms with Crippen molar-refractivity contribution in [3.8, 4) is 5.75 Å². The number of aryl methyl sites for hydroxylation is 1. The fourth-order valence-corrected chi connectivity index (χ4v) is 5.09. The molecular formula is C18H20Cl2N2O3S. The van der Waals surface area contributed by atoms with Gasteiger partial charge in [0.1, 0.15) is 10.6 Å². The summed E-state index contributed by atoms with van der Waals surface area (Å²) in [5.74, 6) is 0.357. The van der Waals surface area contributed by atoms with Gasteiger partial charge in [-0.3, -0.25) is 0 Å². The second kappa shape index (κ2) is 7.64. The summed E-state index contributed by atoms with van der Waals surface area (Å²) in [5.41, 5.74) is 1.69. The Kier molecular flexibility index (Phi) is 5.67. The Hall–Kier alpha value is -1.47. The van der Waals surface area contributed by atoms with Crippen molar-refractivity contribution in [3.05, 3.63) is 52.0 Å². The number of methoxy groups -OCH3 is 1. The van der Waals surface area contributed by atoms with Crippen LogP contribution in [0, 0.1) is 6.92 Å². The predicted molar refractivity (Wildman–Crippen MR) is 105 cm³/mol. The van der Waals surface area contributed by atoms with Gasteiger partial charge < -0.3 is 9.64 Å². The lowest BCUT2D eigenvalue weighted by Crippen LogP contribution is -2.48. The number of hydrogen-bond acceptors (Lipinski definition) is 4. The van der Waals surface area contributed by atoms with Crippen LogP contribution < -0.4 is 9.64 Å². The molecule has 140 valence electrons. The third kappa shape index (κ3) is 3.78. The van der Waals surface area contributed by atoms with Gasteiger partial charge in [0.2, 0.25) is 10.0 Å². The predicted octanol–water partition coefficient (Wildman–Crippen LogP) is 3.82. The van der Waals surface area contributed by atoms with Crippen molar-refractivity contribution in [2.75, 3.05) is 38.2 Å². The number of ether oxygens (including phenoxy) is 1. The number of benzene rings is 2. The minimum Gasteiger partial charge on any atom is -0.495 e. The molecule has 3 rings (SSSR count). The highest BCUT2D eigenvalue weighted by atomic mass is 35.5. The van der Waals surface area contributed by atoms with E-state index in [2.05, 4.69) is 0 Å². The zero-order valence-corrected chi connectivity index (χ0v) is 16.9. The Bertz CT molecular complexity index is 911. The maximum absolute atomic E-state index is 13.1. The standard InChI is InChI=1S/C18H20Cl2N2O3S/c1-13-3-6-17(25-2)18(11-13)26(23,24)22-9-7-21(8-10-22)16-12-14(19)4-5-15(16)20/h3-6,11-12H,7-10H2,1-2H3. The highest BCUT2D eigenvalue weighted by Crippen LogP contribution is 2.32. The Morgan fingerprint density at radius 3 is 2.35 bits per heavy atom. The van der Waals surface area contributed by atoms with Gasteiger partial charge in [-0.2, -0.15) is 4.31 Å². The van der Waals surface area contributed by atoms with Crippen molar-refractivity contribution in [3.63, 3.8) is 0 Å². The molecule has 0 aromatic heterocycles. The largest absolute Gasteiger partial charge is 0.495 e. The van der Waals surface area contributed by atoms with Crippen LogP contribution in [0.3, 0.4) is 0 Å². The van der Waals surface area contributed by atoms with E-state index in [4.69, 9.17) is 27.9 Å². The molecule has 0 N–H and O–H groups in total. The van der Waals surface area contributed by atoms with Gasteiger partial charge in [0.25, 0.3) is 0 Å². The van der Waals surface area contributed by atoms with E-state index >= 15 is 0 Å². The first-order chi connectivity index (χ1) is 12.3.